The molecule has 1 N–H and O–H groups in total. The van der Waals surface area contributed by atoms with E-state index < -0.39 is 6.04 Å². The van der Waals surface area contributed by atoms with Crippen LogP contribution in [0.5, 0.6) is 0 Å². The van der Waals surface area contributed by atoms with Gasteiger partial charge in [-0.25, -0.2) is 0 Å². The third-order valence-corrected chi connectivity index (χ3v) is 5.43. The van der Waals surface area contributed by atoms with E-state index >= 15 is 0 Å². The summed E-state index contributed by atoms with van der Waals surface area (Å²) in [4.78, 5) is 26.6. The zero-order valence-electron chi connectivity index (χ0n) is 12.0. The number of carbonyl (C=O) groups excluding carboxylic acids is 2. The molecule has 21 heavy (non-hydrogen) atoms. The first-order valence-electron chi connectivity index (χ1n) is 7.49. The summed E-state index contributed by atoms with van der Waals surface area (Å²) in [5, 5.41) is 3.39. The van der Waals surface area contributed by atoms with Gasteiger partial charge in [0, 0.05) is 24.8 Å². The van der Waals surface area contributed by atoms with Crippen LogP contribution < -0.4 is 5.32 Å². The van der Waals surface area contributed by atoms with Gasteiger partial charge < -0.3 is 10.2 Å². The largest absolute Gasteiger partial charge is 0.340 e. The molecule has 0 spiro atoms. The van der Waals surface area contributed by atoms with Crippen LogP contribution in [0.2, 0.25) is 0 Å². The first-order valence-corrected chi connectivity index (χ1v) is 8.53. The van der Waals surface area contributed by atoms with Crippen molar-refractivity contribution in [3.05, 3.63) is 35.9 Å². The number of carbonyl (C=O) groups is 2. The van der Waals surface area contributed by atoms with Gasteiger partial charge in [-0.3, -0.25) is 9.59 Å². The van der Waals surface area contributed by atoms with Crippen molar-refractivity contribution in [1.82, 2.24) is 10.2 Å². The van der Waals surface area contributed by atoms with Gasteiger partial charge in [-0.15, -0.1) is 0 Å². The van der Waals surface area contributed by atoms with Crippen LogP contribution in [0, 0.1) is 0 Å². The molecule has 4 nitrogen and oxygen atoms in total. The standard InChI is InChI=1S/C16H20N2O2S/c19-14-8-9-18(11-13-7-4-10-21-13)16(20)15(17-14)12-5-2-1-3-6-12/h1-3,5-6,13,15H,4,7-11H2,(H,17,19). The maximum atomic E-state index is 12.8. The summed E-state index contributed by atoms with van der Waals surface area (Å²) in [5.41, 5.74) is 0.863. The molecule has 0 aromatic heterocycles. The van der Waals surface area contributed by atoms with Crippen molar-refractivity contribution in [2.24, 2.45) is 0 Å². The van der Waals surface area contributed by atoms with E-state index in [0.717, 1.165) is 12.1 Å². The van der Waals surface area contributed by atoms with E-state index in [1.54, 1.807) is 0 Å². The molecule has 2 unspecified atom stereocenters. The lowest BCUT2D eigenvalue weighted by atomic mass is 10.1. The van der Waals surface area contributed by atoms with Gasteiger partial charge >= 0.3 is 0 Å². The van der Waals surface area contributed by atoms with Crippen molar-refractivity contribution < 1.29 is 9.59 Å². The molecule has 112 valence electrons. The van der Waals surface area contributed by atoms with Gasteiger partial charge in [-0.1, -0.05) is 30.3 Å². The molecule has 2 fully saturated rings. The predicted molar refractivity (Wildman–Crippen MR) is 84.0 cm³/mol. The van der Waals surface area contributed by atoms with Crippen LogP contribution in [0.3, 0.4) is 0 Å². The maximum absolute atomic E-state index is 12.8. The Labute approximate surface area is 129 Å². The molecule has 0 radical (unpaired) electrons. The van der Waals surface area contributed by atoms with Crippen molar-refractivity contribution in [3.8, 4) is 0 Å². The van der Waals surface area contributed by atoms with Gasteiger partial charge in [-0.05, 0) is 24.2 Å². The summed E-state index contributed by atoms with van der Waals surface area (Å²) in [6.45, 7) is 1.30. The Morgan fingerprint density at radius 3 is 2.76 bits per heavy atom. The van der Waals surface area contributed by atoms with Crippen LogP contribution in [-0.2, 0) is 9.59 Å². The van der Waals surface area contributed by atoms with E-state index in [2.05, 4.69) is 5.32 Å². The Morgan fingerprint density at radius 1 is 1.24 bits per heavy atom. The number of thioether (sulfide) groups is 1. The second kappa shape index (κ2) is 6.52. The second-order valence-electron chi connectivity index (χ2n) is 5.58. The molecule has 2 atom stereocenters. The summed E-state index contributed by atoms with van der Waals surface area (Å²) in [6, 6.07) is 8.98. The minimum atomic E-state index is -0.535. The highest BCUT2D eigenvalue weighted by molar-refractivity contribution is 8.00. The number of hydrogen-bond acceptors (Lipinski definition) is 3. The molecule has 0 saturated carbocycles. The van der Waals surface area contributed by atoms with Crippen LogP contribution >= 0.6 is 11.8 Å². The molecule has 1 aromatic rings. The Morgan fingerprint density at radius 2 is 2.05 bits per heavy atom. The molecular formula is C16H20N2O2S. The van der Waals surface area contributed by atoms with E-state index in [1.165, 1.54) is 18.6 Å². The Hall–Kier alpha value is -1.49. The van der Waals surface area contributed by atoms with Crippen molar-refractivity contribution in [1.29, 1.82) is 0 Å². The second-order valence-corrected chi connectivity index (χ2v) is 6.99. The third kappa shape index (κ3) is 3.40. The lowest BCUT2D eigenvalue weighted by Crippen LogP contribution is -2.41. The molecule has 2 saturated heterocycles. The molecule has 2 aliphatic rings. The van der Waals surface area contributed by atoms with E-state index in [4.69, 9.17) is 0 Å². The smallest absolute Gasteiger partial charge is 0.249 e. The fourth-order valence-electron chi connectivity index (χ4n) is 2.91. The fourth-order valence-corrected chi connectivity index (χ4v) is 4.20. The summed E-state index contributed by atoms with van der Waals surface area (Å²) in [5.74, 6) is 1.17. The van der Waals surface area contributed by atoms with Gasteiger partial charge in [0.25, 0.3) is 0 Å². The van der Waals surface area contributed by atoms with Gasteiger partial charge in [0.2, 0.25) is 11.8 Å². The number of benzene rings is 1. The lowest BCUT2D eigenvalue weighted by molar-refractivity contribution is -0.133. The molecule has 0 bridgehead atoms. The summed E-state index contributed by atoms with van der Waals surface area (Å²) < 4.78 is 0. The molecule has 2 amide bonds. The molecule has 5 heteroatoms. The number of amides is 2. The molecule has 1 aromatic carbocycles. The van der Waals surface area contributed by atoms with Crippen molar-refractivity contribution in [2.75, 3.05) is 18.8 Å². The summed E-state index contributed by atoms with van der Waals surface area (Å²) in [6.07, 6.45) is 2.80. The molecule has 2 heterocycles. The van der Waals surface area contributed by atoms with E-state index in [-0.39, 0.29) is 11.8 Å². The van der Waals surface area contributed by atoms with E-state index in [9.17, 15) is 9.59 Å². The fraction of sp³-hybridized carbons (Fsp3) is 0.500. The van der Waals surface area contributed by atoms with Crippen LogP contribution in [0.4, 0.5) is 0 Å². The van der Waals surface area contributed by atoms with Gasteiger partial charge in [0.1, 0.15) is 6.04 Å². The lowest BCUT2D eigenvalue weighted by Gasteiger charge is -2.26. The number of nitrogens with one attached hydrogen (secondary N) is 1. The van der Waals surface area contributed by atoms with Gasteiger partial charge in [-0.2, -0.15) is 11.8 Å². The van der Waals surface area contributed by atoms with Gasteiger partial charge in [0.15, 0.2) is 0 Å². The number of rotatable bonds is 3. The summed E-state index contributed by atoms with van der Waals surface area (Å²) in [7, 11) is 0. The average Bonchev–Trinajstić information content (AvgIpc) is 2.97. The first-order chi connectivity index (χ1) is 10.2. The predicted octanol–water partition coefficient (Wildman–Crippen LogP) is 1.97. The zero-order chi connectivity index (χ0) is 14.7. The topological polar surface area (TPSA) is 49.4 Å². The van der Waals surface area contributed by atoms with Crippen molar-refractivity contribution >= 4 is 23.6 Å². The highest BCUT2D eigenvalue weighted by Gasteiger charge is 2.32. The average molecular weight is 304 g/mol. The number of hydrogen-bond donors (Lipinski definition) is 1. The quantitative estimate of drug-likeness (QED) is 0.929. The summed E-state index contributed by atoms with van der Waals surface area (Å²) >= 11 is 1.94. The van der Waals surface area contributed by atoms with Crippen molar-refractivity contribution in [3.63, 3.8) is 0 Å². The Balaban J connectivity index is 1.78. The third-order valence-electron chi connectivity index (χ3n) is 4.05. The van der Waals surface area contributed by atoms with Crippen LogP contribution in [0.25, 0.3) is 0 Å². The zero-order valence-corrected chi connectivity index (χ0v) is 12.8. The Kier molecular flexibility index (Phi) is 4.48. The monoisotopic (exact) mass is 304 g/mol. The van der Waals surface area contributed by atoms with Gasteiger partial charge in [0.05, 0.1) is 0 Å². The van der Waals surface area contributed by atoms with E-state index in [1.807, 2.05) is 47.0 Å². The number of nitrogens with zero attached hydrogens (tertiary/aromatic N) is 1. The minimum Gasteiger partial charge on any atom is -0.340 e. The molecule has 0 aliphatic carbocycles. The van der Waals surface area contributed by atoms with E-state index in [0.29, 0.717) is 18.2 Å². The minimum absolute atomic E-state index is 0.0274. The highest BCUT2D eigenvalue weighted by Crippen LogP contribution is 2.28. The SMILES string of the molecule is O=C1CCN(CC2CCCS2)C(=O)C(c2ccccc2)N1. The van der Waals surface area contributed by atoms with Crippen LogP contribution in [0.15, 0.2) is 30.3 Å². The Bertz CT molecular complexity index is 514. The van der Waals surface area contributed by atoms with Crippen LogP contribution in [0.1, 0.15) is 30.9 Å². The van der Waals surface area contributed by atoms with Crippen LogP contribution in [-0.4, -0.2) is 40.8 Å². The normalized spacial score (nSPS) is 26.6. The maximum Gasteiger partial charge on any atom is 0.249 e. The molecule has 3 rings (SSSR count). The highest BCUT2D eigenvalue weighted by atomic mass is 32.2. The van der Waals surface area contributed by atoms with Crippen molar-refractivity contribution in [2.45, 2.75) is 30.6 Å². The molecule has 2 aliphatic heterocycles. The first kappa shape index (κ1) is 14.4. The molecular weight excluding hydrogens is 284 g/mol.